The van der Waals surface area contributed by atoms with E-state index in [1.165, 1.54) is 18.2 Å². The Labute approximate surface area is 150 Å². The van der Waals surface area contributed by atoms with E-state index in [-0.39, 0.29) is 24.6 Å². The second-order valence-electron chi connectivity index (χ2n) is 6.17. The predicted molar refractivity (Wildman–Crippen MR) is 90.7 cm³/mol. The van der Waals surface area contributed by atoms with Crippen LogP contribution in [-0.4, -0.2) is 42.0 Å². The molecule has 9 nitrogen and oxygen atoms in total. The van der Waals surface area contributed by atoms with E-state index < -0.39 is 34.2 Å². The van der Waals surface area contributed by atoms with Gasteiger partial charge in [-0.1, -0.05) is 0 Å². The molecule has 9 heteroatoms. The number of anilines is 1. The number of ether oxygens (including phenoxy) is 2. The van der Waals surface area contributed by atoms with Crippen molar-refractivity contribution in [2.75, 3.05) is 18.1 Å². The van der Waals surface area contributed by atoms with Gasteiger partial charge in [0.2, 0.25) is 11.9 Å². The molecule has 1 aromatic carbocycles. The van der Waals surface area contributed by atoms with Crippen LogP contribution < -0.4 is 4.90 Å². The molecule has 0 aromatic heterocycles. The van der Waals surface area contributed by atoms with Gasteiger partial charge in [-0.25, -0.2) is 9.59 Å². The van der Waals surface area contributed by atoms with Crippen LogP contribution in [0.5, 0.6) is 0 Å². The Bertz CT molecular complexity index is 754. The third-order valence-corrected chi connectivity index (χ3v) is 4.16. The number of benzene rings is 1. The van der Waals surface area contributed by atoms with E-state index in [1.54, 1.807) is 27.7 Å². The van der Waals surface area contributed by atoms with E-state index in [1.807, 2.05) is 0 Å². The van der Waals surface area contributed by atoms with Crippen LogP contribution in [0.3, 0.4) is 0 Å². The summed E-state index contributed by atoms with van der Waals surface area (Å²) in [6.45, 7) is 6.34. The predicted octanol–water partition coefficient (Wildman–Crippen LogP) is 1.71. The zero-order valence-electron chi connectivity index (χ0n) is 15.0. The summed E-state index contributed by atoms with van der Waals surface area (Å²) in [6.07, 6.45) is 0. The molecule has 0 saturated carbocycles. The zero-order chi connectivity index (χ0) is 19.6. The van der Waals surface area contributed by atoms with Crippen LogP contribution >= 0.6 is 0 Å². The Kier molecular flexibility index (Phi) is 5.29. The van der Waals surface area contributed by atoms with Crippen molar-refractivity contribution in [2.45, 2.75) is 39.2 Å². The molecule has 140 valence electrons. The third kappa shape index (κ3) is 3.12. The first-order valence-electron chi connectivity index (χ1n) is 8.12. The minimum absolute atomic E-state index is 0.0211. The molecule has 0 fully saturated rings. The zero-order valence-corrected chi connectivity index (χ0v) is 15.0. The average molecular weight is 364 g/mol. The van der Waals surface area contributed by atoms with Crippen molar-refractivity contribution >= 4 is 29.2 Å². The highest BCUT2D eigenvalue weighted by molar-refractivity contribution is 6.17. The number of carbonyl (C=O) groups is 3. The number of non-ortho nitro benzene ring substituents is 1. The molecule has 0 saturated heterocycles. The van der Waals surface area contributed by atoms with Gasteiger partial charge < -0.3 is 9.47 Å². The topological polar surface area (TPSA) is 116 Å². The Balaban J connectivity index is 2.60. The maximum Gasteiger partial charge on any atom is 0.341 e. The molecule has 1 aliphatic heterocycles. The lowest BCUT2D eigenvalue weighted by atomic mass is 9.86. The van der Waals surface area contributed by atoms with Crippen molar-refractivity contribution in [3.63, 3.8) is 0 Å². The summed E-state index contributed by atoms with van der Waals surface area (Å²) in [4.78, 5) is 49.2. The largest absolute Gasteiger partial charge is 0.464 e. The van der Waals surface area contributed by atoms with Crippen molar-refractivity contribution in [3.8, 4) is 0 Å². The van der Waals surface area contributed by atoms with Crippen LogP contribution in [0, 0.1) is 10.1 Å². The Morgan fingerprint density at radius 3 is 2.19 bits per heavy atom. The van der Waals surface area contributed by atoms with Crippen LogP contribution in [0.2, 0.25) is 0 Å². The summed E-state index contributed by atoms with van der Waals surface area (Å²) in [7, 11) is 0. The number of hydrogen-bond acceptors (Lipinski definition) is 7. The number of hydrogen-bond donors (Lipinski definition) is 0. The fraction of sp³-hybridized carbons (Fsp3) is 0.471. The smallest absolute Gasteiger partial charge is 0.341 e. The minimum Gasteiger partial charge on any atom is -0.464 e. The molecule has 1 heterocycles. The van der Waals surface area contributed by atoms with Gasteiger partial charge in [0.15, 0.2) is 0 Å². The monoisotopic (exact) mass is 364 g/mol. The lowest BCUT2D eigenvalue weighted by Gasteiger charge is -2.26. The minimum atomic E-state index is -1.61. The molecule has 26 heavy (non-hydrogen) atoms. The van der Waals surface area contributed by atoms with Gasteiger partial charge in [0.25, 0.3) is 5.69 Å². The number of carbonyl (C=O) groups excluding carboxylic acids is 3. The van der Waals surface area contributed by atoms with Crippen molar-refractivity contribution < 1.29 is 28.8 Å². The van der Waals surface area contributed by atoms with Crippen LogP contribution in [0.1, 0.15) is 33.3 Å². The van der Waals surface area contributed by atoms with Gasteiger partial charge in [0.1, 0.15) is 0 Å². The van der Waals surface area contributed by atoms with E-state index in [2.05, 4.69) is 0 Å². The maximum atomic E-state index is 13.0. The normalized spacial score (nSPS) is 15.0. The highest BCUT2D eigenvalue weighted by Gasteiger charge is 2.51. The van der Waals surface area contributed by atoms with Gasteiger partial charge >= 0.3 is 11.9 Å². The molecule has 0 spiro atoms. The summed E-state index contributed by atoms with van der Waals surface area (Å²) in [6, 6.07) is 2.24. The van der Waals surface area contributed by atoms with Crippen LogP contribution in [-0.2, 0) is 29.3 Å². The SMILES string of the molecule is CCOC(=O)C(C(=O)OCC)N1C(=O)C(C)(C)c2cc([N+](=O)[O-])ccc21. The molecular weight excluding hydrogens is 344 g/mol. The lowest BCUT2D eigenvalue weighted by molar-refractivity contribution is -0.384. The van der Waals surface area contributed by atoms with Crippen molar-refractivity contribution in [3.05, 3.63) is 33.9 Å². The standard InChI is InChI=1S/C17H20N2O7/c1-5-25-14(20)13(15(21)26-6-2)18-12-8-7-10(19(23)24)9-11(12)17(3,4)16(18)22/h7-9,13H,5-6H2,1-4H3. The Hall–Kier alpha value is -2.97. The molecule has 0 unspecified atom stereocenters. The van der Waals surface area contributed by atoms with Gasteiger partial charge in [-0.15, -0.1) is 0 Å². The van der Waals surface area contributed by atoms with Crippen molar-refractivity contribution in [1.29, 1.82) is 0 Å². The van der Waals surface area contributed by atoms with Gasteiger partial charge in [-0.05, 0) is 39.3 Å². The number of nitrogens with zero attached hydrogens (tertiary/aromatic N) is 2. The molecule has 0 bridgehead atoms. The Morgan fingerprint density at radius 2 is 1.73 bits per heavy atom. The van der Waals surface area contributed by atoms with Crippen LogP contribution in [0.4, 0.5) is 11.4 Å². The third-order valence-electron chi connectivity index (χ3n) is 4.16. The summed E-state index contributed by atoms with van der Waals surface area (Å²) >= 11 is 0. The average Bonchev–Trinajstić information content (AvgIpc) is 2.76. The molecular formula is C17H20N2O7. The molecule has 0 atom stereocenters. The second kappa shape index (κ2) is 7.11. The first kappa shape index (κ1) is 19.4. The summed E-state index contributed by atoms with van der Waals surface area (Å²) < 4.78 is 9.87. The molecule has 2 rings (SSSR count). The van der Waals surface area contributed by atoms with Gasteiger partial charge in [0, 0.05) is 12.1 Å². The molecule has 1 amide bonds. The second-order valence-corrected chi connectivity index (χ2v) is 6.17. The van der Waals surface area contributed by atoms with Gasteiger partial charge in [-0.2, -0.15) is 0 Å². The molecule has 1 aliphatic rings. The van der Waals surface area contributed by atoms with Gasteiger partial charge in [-0.3, -0.25) is 19.8 Å². The fourth-order valence-electron chi connectivity index (χ4n) is 2.88. The Morgan fingerprint density at radius 1 is 1.19 bits per heavy atom. The molecule has 1 aromatic rings. The number of amides is 1. The molecule has 0 aliphatic carbocycles. The summed E-state index contributed by atoms with van der Waals surface area (Å²) in [5.41, 5.74) is -0.735. The summed E-state index contributed by atoms with van der Waals surface area (Å²) in [5.74, 6) is -2.37. The van der Waals surface area contributed by atoms with E-state index >= 15 is 0 Å². The van der Waals surface area contributed by atoms with Crippen LogP contribution in [0.25, 0.3) is 0 Å². The van der Waals surface area contributed by atoms with E-state index in [4.69, 9.17) is 9.47 Å². The van der Waals surface area contributed by atoms with Crippen LogP contribution in [0.15, 0.2) is 18.2 Å². The molecule has 0 radical (unpaired) electrons. The number of esters is 2. The number of rotatable bonds is 6. The van der Waals surface area contributed by atoms with E-state index in [9.17, 15) is 24.5 Å². The first-order valence-corrected chi connectivity index (χ1v) is 8.12. The van der Waals surface area contributed by atoms with E-state index in [0.29, 0.717) is 5.56 Å². The summed E-state index contributed by atoms with van der Waals surface area (Å²) in [5, 5.41) is 11.1. The van der Waals surface area contributed by atoms with Crippen molar-refractivity contribution in [1.82, 2.24) is 0 Å². The molecule has 0 N–H and O–H groups in total. The first-order chi connectivity index (χ1) is 12.2. The number of nitro benzene ring substituents is 1. The number of nitro groups is 1. The quantitative estimate of drug-likeness (QED) is 0.326. The fourth-order valence-corrected chi connectivity index (χ4v) is 2.88. The number of fused-ring (bicyclic) bond motifs is 1. The van der Waals surface area contributed by atoms with E-state index in [0.717, 1.165) is 4.90 Å². The van der Waals surface area contributed by atoms with Gasteiger partial charge in [0.05, 0.1) is 29.2 Å². The highest BCUT2D eigenvalue weighted by Crippen LogP contribution is 2.44. The lowest BCUT2D eigenvalue weighted by Crippen LogP contribution is -2.52. The van der Waals surface area contributed by atoms with Crippen molar-refractivity contribution in [2.24, 2.45) is 0 Å². The highest BCUT2D eigenvalue weighted by atomic mass is 16.6. The maximum absolute atomic E-state index is 13.0.